The van der Waals surface area contributed by atoms with Gasteiger partial charge in [0, 0.05) is 24.4 Å². The normalized spacial score (nSPS) is 17.8. The quantitative estimate of drug-likeness (QED) is 0.535. The molecule has 0 bridgehead atoms. The summed E-state index contributed by atoms with van der Waals surface area (Å²) < 4.78 is 11.3. The summed E-state index contributed by atoms with van der Waals surface area (Å²) in [6.07, 6.45) is 2.93. The number of hydrogen-bond donors (Lipinski definition) is 0. The molecule has 148 valence electrons. The molecule has 0 saturated carbocycles. The Balaban J connectivity index is 1.25. The average Bonchev–Trinajstić information content (AvgIpc) is 3.36. The molecule has 1 saturated heterocycles. The fourth-order valence-corrected chi connectivity index (χ4v) is 4.36. The first-order valence-electron chi connectivity index (χ1n) is 9.83. The highest BCUT2D eigenvalue weighted by molar-refractivity contribution is 7.09. The molecule has 0 amide bonds. The number of nitrogens with zero attached hydrogens (tertiary/aromatic N) is 4. The van der Waals surface area contributed by atoms with Gasteiger partial charge in [-0.1, -0.05) is 35.5 Å². The highest BCUT2D eigenvalue weighted by atomic mass is 32.1. The number of thiazole rings is 1. The van der Waals surface area contributed by atoms with Crippen molar-refractivity contribution in [2.75, 3.05) is 19.7 Å². The summed E-state index contributed by atoms with van der Waals surface area (Å²) in [5.41, 5.74) is 4.24. The molecule has 1 atom stereocenters. The Morgan fingerprint density at radius 3 is 3.00 bits per heavy atom. The Bertz CT molecular complexity index is 864. The number of aryl methyl sites for hydroxylation is 1. The van der Waals surface area contributed by atoms with Crippen molar-refractivity contribution in [1.29, 1.82) is 0 Å². The molecule has 2 aromatic heterocycles. The highest BCUT2D eigenvalue weighted by Crippen LogP contribution is 2.27. The third-order valence-corrected chi connectivity index (χ3v) is 6.05. The second kappa shape index (κ2) is 9.41. The molecular weight excluding hydrogens is 372 g/mol. The topological polar surface area (TPSA) is 64.3 Å². The molecule has 0 spiro atoms. The molecule has 0 radical (unpaired) electrons. The second-order valence-corrected chi connectivity index (χ2v) is 8.21. The Labute approximate surface area is 169 Å². The van der Waals surface area contributed by atoms with Gasteiger partial charge in [-0.05, 0) is 31.9 Å². The van der Waals surface area contributed by atoms with Gasteiger partial charge in [-0.3, -0.25) is 4.90 Å². The predicted molar refractivity (Wildman–Crippen MR) is 108 cm³/mol. The van der Waals surface area contributed by atoms with Gasteiger partial charge in [0.05, 0.1) is 30.3 Å². The van der Waals surface area contributed by atoms with E-state index in [1.165, 1.54) is 10.4 Å². The van der Waals surface area contributed by atoms with Crippen LogP contribution in [-0.2, 0) is 24.3 Å². The number of benzene rings is 1. The Hall–Kier alpha value is -2.09. The van der Waals surface area contributed by atoms with Crippen molar-refractivity contribution in [2.45, 2.75) is 45.3 Å². The van der Waals surface area contributed by atoms with Gasteiger partial charge >= 0.3 is 0 Å². The maximum atomic E-state index is 5.73. The van der Waals surface area contributed by atoms with Crippen molar-refractivity contribution < 1.29 is 9.26 Å². The third-order valence-electron chi connectivity index (χ3n) is 5.13. The molecule has 0 aliphatic carbocycles. The van der Waals surface area contributed by atoms with E-state index in [1.807, 2.05) is 23.7 Å². The van der Waals surface area contributed by atoms with E-state index in [9.17, 15) is 0 Å². The number of rotatable bonds is 8. The lowest BCUT2D eigenvalue weighted by Crippen LogP contribution is -2.34. The average molecular weight is 399 g/mol. The predicted octanol–water partition coefficient (Wildman–Crippen LogP) is 3.97. The number of ether oxygens (including phenoxy) is 1. The summed E-state index contributed by atoms with van der Waals surface area (Å²) >= 11 is 1.74. The van der Waals surface area contributed by atoms with E-state index in [0.29, 0.717) is 25.6 Å². The minimum Gasteiger partial charge on any atom is -0.376 e. The zero-order chi connectivity index (χ0) is 19.2. The molecule has 1 aromatic carbocycles. The van der Waals surface area contributed by atoms with Gasteiger partial charge in [-0.2, -0.15) is 4.98 Å². The summed E-state index contributed by atoms with van der Waals surface area (Å²) in [7, 11) is 0. The summed E-state index contributed by atoms with van der Waals surface area (Å²) in [6.45, 7) is 6.32. The fourth-order valence-electron chi connectivity index (χ4n) is 3.54. The summed E-state index contributed by atoms with van der Waals surface area (Å²) in [6, 6.07) is 10.2. The van der Waals surface area contributed by atoms with E-state index in [0.717, 1.165) is 49.9 Å². The monoisotopic (exact) mass is 398 g/mol. The molecule has 0 N–H and O–H groups in total. The van der Waals surface area contributed by atoms with Crippen molar-refractivity contribution in [3.8, 4) is 0 Å². The summed E-state index contributed by atoms with van der Waals surface area (Å²) in [5, 5.41) is 4.16. The van der Waals surface area contributed by atoms with E-state index in [4.69, 9.17) is 9.26 Å². The lowest BCUT2D eigenvalue weighted by Gasteiger charge is -2.30. The van der Waals surface area contributed by atoms with Crippen LogP contribution in [0.25, 0.3) is 0 Å². The molecule has 6 nitrogen and oxygen atoms in total. The van der Waals surface area contributed by atoms with Crippen LogP contribution < -0.4 is 0 Å². The number of piperidine rings is 1. The Morgan fingerprint density at radius 2 is 2.18 bits per heavy atom. The smallest absolute Gasteiger partial charge is 0.231 e. The van der Waals surface area contributed by atoms with Crippen LogP contribution in [0.3, 0.4) is 0 Å². The van der Waals surface area contributed by atoms with E-state index >= 15 is 0 Å². The van der Waals surface area contributed by atoms with Crippen LogP contribution in [0.5, 0.6) is 0 Å². The van der Waals surface area contributed by atoms with E-state index in [-0.39, 0.29) is 0 Å². The lowest BCUT2D eigenvalue weighted by molar-refractivity contribution is 0.122. The van der Waals surface area contributed by atoms with Gasteiger partial charge in [0.1, 0.15) is 0 Å². The van der Waals surface area contributed by atoms with Crippen LogP contribution in [0.2, 0.25) is 0 Å². The molecular formula is C21H26N4O2S. The van der Waals surface area contributed by atoms with Gasteiger partial charge in [-0.15, -0.1) is 11.3 Å². The maximum absolute atomic E-state index is 5.73. The molecule has 3 heterocycles. The number of hydrogen-bond acceptors (Lipinski definition) is 7. The molecule has 1 fully saturated rings. The van der Waals surface area contributed by atoms with Gasteiger partial charge in [-0.25, -0.2) is 4.98 Å². The largest absolute Gasteiger partial charge is 0.376 e. The van der Waals surface area contributed by atoms with Crippen LogP contribution in [0, 0.1) is 6.92 Å². The molecule has 1 unspecified atom stereocenters. The lowest BCUT2D eigenvalue weighted by atomic mass is 9.98. The molecule has 3 aromatic rings. The second-order valence-electron chi connectivity index (χ2n) is 7.27. The fraction of sp³-hybridized carbons (Fsp3) is 0.476. The molecule has 28 heavy (non-hydrogen) atoms. The maximum Gasteiger partial charge on any atom is 0.231 e. The first kappa shape index (κ1) is 19.2. The van der Waals surface area contributed by atoms with Gasteiger partial charge < -0.3 is 9.26 Å². The highest BCUT2D eigenvalue weighted by Gasteiger charge is 2.26. The van der Waals surface area contributed by atoms with Crippen LogP contribution in [0.15, 0.2) is 40.4 Å². The molecule has 1 aliphatic rings. The van der Waals surface area contributed by atoms with Crippen molar-refractivity contribution in [3.63, 3.8) is 0 Å². The minimum atomic E-state index is 0.313. The van der Waals surface area contributed by atoms with E-state index in [2.05, 4.69) is 39.1 Å². The van der Waals surface area contributed by atoms with Crippen molar-refractivity contribution in [1.82, 2.24) is 20.0 Å². The Kier molecular flexibility index (Phi) is 6.46. The van der Waals surface area contributed by atoms with Crippen LogP contribution in [0.1, 0.15) is 46.6 Å². The standard InChI is InChI=1S/C21H26N4O2S/c1-16-19(28-15-22-16)13-25-10-5-8-18(12-25)21-23-20(24-27-21)9-11-26-14-17-6-3-2-4-7-17/h2-4,6-7,15,18H,5,8-14H2,1H3. The molecule has 1 aliphatic heterocycles. The van der Waals surface area contributed by atoms with E-state index < -0.39 is 0 Å². The van der Waals surface area contributed by atoms with Crippen molar-refractivity contribution >= 4 is 11.3 Å². The van der Waals surface area contributed by atoms with Gasteiger partial charge in [0.15, 0.2) is 5.82 Å². The summed E-state index contributed by atoms with van der Waals surface area (Å²) in [5.74, 6) is 1.82. The number of aromatic nitrogens is 3. The number of likely N-dealkylation sites (tertiary alicyclic amines) is 1. The zero-order valence-electron chi connectivity index (χ0n) is 16.2. The van der Waals surface area contributed by atoms with Crippen LogP contribution in [-0.4, -0.2) is 39.7 Å². The first-order chi connectivity index (χ1) is 13.8. The summed E-state index contributed by atoms with van der Waals surface area (Å²) in [4.78, 5) is 12.8. The van der Waals surface area contributed by atoms with Crippen LogP contribution >= 0.6 is 11.3 Å². The zero-order valence-corrected chi connectivity index (χ0v) is 17.0. The van der Waals surface area contributed by atoms with Crippen molar-refractivity contribution in [3.05, 3.63) is 63.7 Å². The van der Waals surface area contributed by atoms with Crippen molar-refractivity contribution in [2.24, 2.45) is 0 Å². The van der Waals surface area contributed by atoms with Gasteiger partial charge in [0.2, 0.25) is 5.89 Å². The SMILES string of the molecule is Cc1ncsc1CN1CCCC(c2nc(CCOCc3ccccc3)no2)C1. The third kappa shape index (κ3) is 5.04. The van der Waals surface area contributed by atoms with Gasteiger partial charge in [0.25, 0.3) is 0 Å². The van der Waals surface area contributed by atoms with E-state index in [1.54, 1.807) is 11.3 Å². The molecule has 4 rings (SSSR count). The first-order valence-corrected chi connectivity index (χ1v) is 10.7. The molecule has 7 heteroatoms. The Morgan fingerprint density at radius 1 is 1.29 bits per heavy atom. The minimum absolute atomic E-state index is 0.313. The van der Waals surface area contributed by atoms with Crippen LogP contribution in [0.4, 0.5) is 0 Å².